The first kappa shape index (κ1) is 11.9. The Kier molecular flexibility index (Phi) is 3.82. The van der Waals surface area contributed by atoms with Gasteiger partial charge in [0.05, 0.1) is 0 Å². The van der Waals surface area contributed by atoms with Gasteiger partial charge in [0.15, 0.2) is 0 Å². The van der Waals surface area contributed by atoms with E-state index in [0.717, 1.165) is 18.7 Å². The molecular formula is C14H18BrN. The molecule has 0 atom stereocenters. The average molecular weight is 280 g/mol. The van der Waals surface area contributed by atoms with Crippen LogP contribution < -0.4 is 5.32 Å². The smallest absolute Gasteiger partial charge is 0.0184 e. The van der Waals surface area contributed by atoms with Crippen LogP contribution in [-0.4, -0.2) is 13.1 Å². The first-order valence-electron chi connectivity index (χ1n) is 5.84. The van der Waals surface area contributed by atoms with E-state index in [1.54, 1.807) is 0 Å². The second-order valence-electron chi connectivity index (χ2n) is 4.58. The van der Waals surface area contributed by atoms with Crippen LogP contribution in [0.3, 0.4) is 0 Å². The lowest BCUT2D eigenvalue weighted by molar-refractivity contribution is 0.460. The second-order valence-corrected chi connectivity index (χ2v) is 5.49. The van der Waals surface area contributed by atoms with Crippen molar-refractivity contribution in [2.24, 2.45) is 0 Å². The van der Waals surface area contributed by atoms with Crippen LogP contribution in [0.5, 0.6) is 0 Å². The predicted molar refractivity (Wildman–Crippen MR) is 73.7 cm³/mol. The predicted octanol–water partition coefficient (Wildman–Crippen LogP) is 3.95. The highest BCUT2D eigenvalue weighted by Gasteiger charge is 2.16. The number of nitrogens with one attached hydrogen (secondary N) is 1. The first-order valence-corrected chi connectivity index (χ1v) is 6.63. The first-order chi connectivity index (χ1) is 7.66. The van der Waals surface area contributed by atoms with Crippen molar-refractivity contribution < 1.29 is 0 Å². The molecule has 1 N–H and O–H groups in total. The normalized spacial score (nSPS) is 17.4. The maximum atomic E-state index is 4.02. The Balaban J connectivity index is 2.28. The molecule has 16 heavy (non-hydrogen) atoms. The number of allylic oxidation sites excluding steroid dienone is 1. The van der Waals surface area contributed by atoms with Crippen molar-refractivity contribution in [2.45, 2.75) is 25.7 Å². The molecule has 0 saturated carbocycles. The third-order valence-electron chi connectivity index (χ3n) is 3.22. The minimum Gasteiger partial charge on any atom is -0.317 e. The zero-order valence-electron chi connectivity index (χ0n) is 9.72. The second kappa shape index (κ2) is 5.15. The molecular weight excluding hydrogens is 262 g/mol. The summed E-state index contributed by atoms with van der Waals surface area (Å²) in [6.45, 7) is 8.36. The Bertz CT molecular complexity index is 392. The van der Waals surface area contributed by atoms with Crippen LogP contribution in [0.15, 0.2) is 29.3 Å². The maximum Gasteiger partial charge on any atom is 0.0184 e. The Labute approximate surface area is 106 Å². The molecule has 1 aliphatic heterocycles. The molecule has 0 bridgehead atoms. The Morgan fingerprint density at radius 3 is 2.62 bits per heavy atom. The van der Waals surface area contributed by atoms with Gasteiger partial charge in [0.2, 0.25) is 0 Å². The van der Waals surface area contributed by atoms with Gasteiger partial charge in [-0.05, 0) is 62.0 Å². The third kappa shape index (κ3) is 2.74. The van der Waals surface area contributed by atoms with Crippen LogP contribution >= 0.6 is 15.9 Å². The SMILES string of the molecule is C=C(C)c1cc(Br)cc(C2CCNCC2)c1. The molecule has 0 aliphatic carbocycles. The zero-order chi connectivity index (χ0) is 11.5. The van der Waals surface area contributed by atoms with Crippen molar-refractivity contribution >= 4 is 21.5 Å². The van der Waals surface area contributed by atoms with Crippen LogP contribution in [0.1, 0.15) is 36.8 Å². The van der Waals surface area contributed by atoms with Gasteiger partial charge in [-0.3, -0.25) is 0 Å². The molecule has 0 unspecified atom stereocenters. The van der Waals surface area contributed by atoms with Gasteiger partial charge >= 0.3 is 0 Å². The van der Waals surface area contributed by atoms with E-state index in [-0.39, 0.29) is 0 Å². The number of hydrogen-bond donors (Lipinski definition) is 1. The van der Waals surface area contributed by atoms with Gasteiger partial charge in [0.25, 0.3) is 0 Å². The van der Waals surface area contributed by atoms with Crippen molar-refractivity contribution in [1.82, 2.24) is 5.32 Å². The van der Waals surface area contributed by atoms with E-state index in [1.807, 2.05) is 0 Å². The Morgan fingerprint density at radius 1 is 1.31 bits per heavy atom. The zero-order valence-corrected chi connectivity index (χ0v) is 11.3. The van der Waals surface area contributed by atoms with Crippen molar-refractivity contribution in [3.05, 3.63) is 40.4 Å². The van der Waals surface area contributed by atoms with Gasteiger partial charge in [-0.2, -0.15) is 0 Å². The quantitative estimate of drug-likeness (QED) is 0.865. The monoisotopic (exact) mass is 279 g/mol. The van der Waals surface area contributed by atoms with Gasteiger partial charge in [-0.15, -0.1) is 0 Å². The molecule has 1 nitrogen and oxygen atoms in total. The lowest BCUT2D eigenvalue weighted by atomic mass is 9.89. The van der Waals surface area contributed by atoms with Crippen molar-refractivity contribution in [2.75, 3.05) is 13.1 Å². The molecule has 0 aromatic heterocycles. The van der Waals surface area contributed by atoms with E-state index in [1.165, 1.54) is 28.4 Å². The highest BCUT2D eigenvalue weighted by molar-refractivity contribution is 9.10. The van der Waals surface area contributed by atoms with Crippen molar-refractivity contribution in [1.29, 1.82) is 0 Å². The van der Waals surface area contributed by atoms with Crippen molar-refractivity contribution in [3.8, 4) is 0 Å². The minimum atomic E-state index is 0.705. The van der Waals surface area contributed by atoms with E-state index in [2.05, 4.69) is 52.9 Å². The molecule has 1 saturated heterocycles. The summed E-state index contributed by atoms with van der Waals surface area (Å²) in [5.74, 6) is 0.705. The maximum absolute atomic E-state index is 4.02. The Morgan fingerprint density at radius 2 is 2.00 bits per heavy atom. The number of hydrogen-bond acceptors (Lipinski definition) is 1. The topological polar surface area (TPSA) is 12.0 Å². The summed E-state index contributed by atoms with van der Waals surface area (Å²) in [7, 11) is 0. The van der Waals surface area contributed by atoms with E-state index in [0.29, 0.717) is 5.92 Å². The highest BCUT2D eigenvalue weighted by atomic mass is 79.9. The van der Waals surface area contributed by atoms with Gasteiger partial charge in [-0.1, -0.05) is 34.1 Å². The molecule has 1 fully saturated rings. The molecule has 0 radical (unpaired) electrons. The fourth-order valence-electron chi connectivity index (χ4n) is 2.25. The van der Waals surface area contributed by atoms with Gasteiger partial charge in [0.1, 0.15) is 0 Å². The minimum absolute atomic E-state index is 0.705. The Hall–Kier alpha value is -0.600. The van der Waals surface area contributed by atoms with Crippen molar-refractivity contribution in [3.63, 3.8) is 0 Å². The summed E-state index contributed by atoms with van der Waals surface area (Å²) in [5, 5.41) is 3.41. The molecule has 0 spiro atoms. The molecule has 1 aliphatic rings. The average Bonchev–Trinajstić information content (AvgIpc) is 2.29. The van der Waals surface area contributed by atoms with E-state index in [4.69, 9.17) is 0 Å². The number of benzene rings is 1. The van der Waals surface area contributed by atoms with Gasteiger partial charge in [-0.25, -0.2) is 0 Å². The van der Waals surface area contributed by atoms with E-state index in [9.17, 15) is 0 Å². The van der Waals surface area contributed by atoms with Crippen LogP contribution in [0, 0.1) is 0 Å². The van der Waals surface area contributed by atoms with Gasteiger partial charge in [0, 0.05) is 4.47 Å². The molecule has 1 aromatic carbocycles. The van der Waals surface area contributed by atoms with Crippen LogP contribution in [-0.2, 0) is 0 Å². The molecule has 86 valence electrons. The van der Waals surface area contributed by atoms with E-state index < -0.39 is 0 Å². The lowest BCUT2D eigenvalue weighted by Crippen LogP contribution is -2.26. The number of halogens is 1. The fourth-order valence-corrected chi connectivity index (χ4v) is 2.76. The summed E-state index contributed by atoms with van der Waals surface area (Å²) in [5.41, 5.74) is 3.84. The lowest BCUT2D eigenvalue weighted by Gasteiger charge is -2.23. The molecule has 1 heterocycles. The fraction of sp³-hybridized carbons (Fsp3) is 0.429. The summed E-state index contributed by atoms with van der Waals surface area (Å²) < 4.78 is 1.17. The summed E-state index contributed by atoms with van der Waals surface area (Å²) in [6, 6.07) is 6.69. The third-order valence-corrected chi connectivity index (χ3v) is 3.68. The number of piperidine rings is 1. The largest absolute Gasteiger partial charge is 0.317 e. The highest BCUT2D eigenvalue weighted by Crippen LogP contribution is 2.30. The summed E-state index contributed by atoms with van der Waals surface area (Å²) >= 11 is 3.59. The van der Waals surface area contributed by atoms with E-state index >= 15 is 0 Å². The van der Waals surface area contributed by atoms with Gasteiger partial charge < -0.3 is 5.32 Å². The molecule has 1 aromatic rings. The van der Waals surface area contributed by atoms with Crippen LogP contribution in [0.4, 0.5) is 0 Å². The summed E-state index contributed by atoms with van der Waals surface area (Å²) in [6.07, 6.45) is 2.48. The molecule has 2 rings (SSSR count). The number of rotatable bonds is 2. The van der Waals surface area contributed by atoms with Crippen LogP contribution in [0.25, 0.3) is 5.57 Å². The molecule has 2 heteroatoms. The standard InChI is InChI=1S/C14H18BrN/c1-10(2)12-7-13(9-14(15)8-12)11-3-5-16-6-4-11/h7-9,11,16H,1,3-6H2,2H3. The van der Waals surface area contributed by atoms with Crippen LogP contribution in [0.2, 0.25) is 0 Å². The summed E-state index contributed by atoms with van der Waals surface area (Å²) in [4.78, 5) is 0. The molecule has 0 amide bonds.